The van der Waals surface area contributed by atoms with Gasteiger partial charge in [-0.2, -0.15) is 5.10 Å². The highest BCUT2D eigenvalue weighted by Crippen LogP contribution is 2.26. The van der Waals surface area contributed by atoms with Crippen molar-refractivity contribution in [2.24, 2.45) is 4.99 Å². The van der Waals surface area contributed by atoms with Crippen LogP contribution < -0.4 is 5.32 Å². The van der Waals surface area contributed by atoms with Gasteiger partial charge in [0.25, 0.3) is 5.91 Å². The van der Waals surface area contributed by atoms with Crippen molar-refractivity contribution in [2.45, 2.75) is 44.7 Å². The molecule has 0 bridgehead atoms. The number of hydrogen-bond acceptors (Lipinski definition) is 5. The summed E-state index contributed by atoms with van der Waals surface area (Å²) in [5.41, 5.74) is 4.34. The van der Waals surface area contributed by atoms with E-state index in [1.807, 2.05) is 30.6 Å². The van der Waals surface area contributed by atoms with Gasteiger partial charge in [0, 0.05) is 42.5 Å². The minimum Gasteiger partial charge on any atom is -0.343 e. The molecule has 0 aliphatic carbocycles. The molecule has 3 aromatic rings. The summed E-state index contributed by atoms with van der Waals surface area (Å²) in [6.07, 6.45) is 10.0. The van der Waals surface area contributed by atoms with Crippen LogP contribution >= 0.6 is 0 Å². The Labute approximate surface area is 186 Å². The maximum atomic E-state index is 12.8. The zero-order valence-electron chi connectivity index (χ0n) is 17.9. The third-order valence-electron chi connectivity index (χ3n) is 6.15. The van der Waals surface area contributed by atoms with Gasteiger partial charge >= 0.3 is 0 Å². The molecule has 2 aromatic heterocycles. The summed E-state index contributed by atoms with van der Waals surface area (Å²) >= 11 is 0. The van der Waals surface area contributed by atoms with Gasteiger partial charge in [0.2, 0.25) is 5.91 Å². The van der Waals surface area contributed by atoms with Crippen LogP contribution in [-0.4, -0.2) is 57.2 Å². The summed E-state index contributed by atoms with van der Waals surface area (Å²) in [5.74, 6) is -0.433. The van der Waals surface area contributed by atoms with Crippen LogP contribution in [-0.2, 0) is 11.3 Å². The number of amides is 2. The molecule has 164 valence electrons. The fraction of sp³-hybridized carbons (Fsp3) is 0.375. The predicted octanol–water partition coefficient (Wildman–Crippen LogP) is 3.10. The highest BCUT2D eigenvalue weighted by molar-refractivity contribution is 6.06. The van der Waals surface area contributed by atoms with Crippen molar-refractivity contribution in [2.75, 3.05) is 13.1 Å². The Hall–Kier alpha value is -3.39. The highest BCUT2D eigenvalue weighted by Gasteiger charge is 2.21. The van der Waals surface area contributed by atoms with Crippen molar-refractivity contribution in [1.29, 1.82) is 0 Å². The molecule has 2 amide bonds. The van der Waals surface area contributed by atoms with Gasteiger partial charge in [-0.05, 0) is 61.7 Å². The van der Waals surface area contributed by atoms with E-state index in [9.17, 15) is 9.59 Å². The number of nitrogens with zero attached hydrogens (tertiary/aromatic N) is 4. The van der Waals surface area contributed by atoms with Crippen molar-refractivity contribution in [3.05, 3.63) is 47.9 Å². The van der Waals surface area contributed by atoms with Gasteiger partial charge in [0.1, 0.15) is 0 Å². The molecule has 5 rings (SSSR count). The normalized spacial score (nSPS) is 19.4. The minimum absolute atomic E-state index is 0.151. The van der Waals surface area contributed by atoms with Crippen LogP contribution in [0.3, 0.4) is 0 Å². The number of fused-ring (bicyclic) bond motifs is 1. The molecule has 1 saturated heterocycles. The first-order chi connectivity index (χ1) is 15.7. The molecule has 8 nitrogen and oxygen atoms in total. The lowest BCUT2D eigenvalue weighted by Gasteiger charge is -2.26. The smallest absolute Gasteiger partial charge is 0.272 e. The lowest BCUT2D eigenvalue weighted by molar-refractivity contribution is -0.118. The van der Waals surface area contributed by atoms with Gasteiger partial charge in [-0.1, -0.05) is 12.5 Å². The molecule has 8 heteroatoms. The largest absolute Gasteiger partial charge is 0.343 e. The fourth-order valence-electron chi connectivity index (χ4n) is 4.41. The summed E-state index contributed by atoms with van der Waals surface area (Å²) in [5, 5.41) is 10.8. The van der Waals surface area contributed by atoms with E-state index in [4.69, 9.17) is 0 Å². The first-order valence-corrected chi connectivity index (χ1v) is 11.2. The van der Waals surface area contributed by atoms with Gasteiger partial charge in [0.05, 0.1) is 11.6 Å². The zero-order valence-corrected chi connectivity index (χ0v) is 17.9. The number of pyridine rings is 1. The van der Waals surface area contributed by atoms with Gasteiger partial charge in [-0.25, -0.2) is 4.99 Å². The molecule has 1 aromatic carbocycles. The average Bonchev–Trinajstić information content (AvgIpc) is 3.25. The number of H-pyrrole nitrogens is 1. The monoisotopic (exact) mass is 430 g/mol. The van der Waals surface area contributed by atoms with Crippen LogP contribution in [0.4, 0.5) is 0 Å². The predicted molar refractivity (Wildman–Crippen MR) is 122 cm³/mol. The number of piperidine rings is 1. The first kappa shape index (κ1) is 20.5. The van der Waals surface area contributed by atoms with Crippen LogP contribution in [0.2, 0.25) is 0 Å². The average molecular weight is 431 g/mol. The van der Waals surface area contributed by atoms with Crippen LogP contribution in [0.1, 0.15) is 48.2 Å². The maximum absolute atomic E-state index is 12.8. The molecule has 2 aliphatic heterocycles. The molecular formula is C24H26N6O2. The van der Waals surface area contributed by atoms with E-state index >= 15 is 0 Å². The molecule has 1 fully saturated rings. The third-order valence-corrected chi connectivity index (χ3v) is 6.15. The quantitative estimate of drug-likeness (QED) is 0.647. The molecule has 4 heterocycles. The molecule has 32 heavy (non-hydrogen) atoms. The summed E-state index contributed by atoms with van der Waals surface area (Å²) in [6, 6.07) is 7.85. The lowest BCUT2D eigenvalue weighted by atomic mass is 10.0. The number of carbonyl (C=O) groups excluding carboxylic acids is 2. The van der Waals surface area contributed by atoms with E-state index in [0.717, 1.165) is 41.7 Å². The van der Waals surface area contributed by atoms with E-state index in [-0.39, 0.29) is 17.9 Å². The molecule has 2 N–H and O–H groups in total. The van der Waals surface area contributed by atoms with E-state index in [2.05, 4.69) is 36.5 Å². The highest BCUT2D eigenvalue weighted by atomic mass is 16.2. The van der Waals surface area contributed by atoms with Gasteiger partial charge < -0.3 is 5.32 Å². The number of likely N-dealkylation sites (tertiary alicyclic amines) is 1. The molecule has 0 spiro atoms. The number of carbonyl (C=O) groups is 2. The van der Waals surface area contributed by atoms with Crippen molar-refractivity contribution in [3.63, 3.8) is 0 Å². The number of benzene rings is 1. The van der Waals surface area contributed by atoms with Crippen molar-refractivity contribution in [3.8, 4) is 11.1 Å². The zero-order chi connectivity index (χ0) is 21.9. The fourth-order valence-corrected chi connectivity index (χ4v) is 4.41. The molecule has 1 atom stereocenters. The van der Waals surface area contributed by atoms with E-state index in [0.29, 0.717) is 18.5 Å². The van der Waals surface area contributed by atoms with Crippen molar-refractivity contribution < 1.29 is 9.59 Å². The van der Waals surface area contributed by atoms with Crippen LogP contribution in [0.5, 0.6) is 0 Å². The second-order valence-electron chi connectivity index (χ2n) is 8.54. The lowest BCUT2D eigenvalue weighted by Crippen LogP contribution is -2.38. The Morgan fingerprint density at radius 2 is 2.00 bits per heavy atom. The molecular weight excluding hydrogens is 404 g/mol. The Kier molecular flexibility index (Phi) is 5.77. The minimum atomic E-state index is -0.281. The van der Waals surface area contributed by atoms with Gasteiger partial charge in [-0.3, -0.25) is 24.6 Å². The SMILES string of the molecule is O=C1CCC(NC(=O)c2n[nH]c3ccc(-c4cncc(CN5CCCCC5)c4)cc23)C=N1. The molecule has 0 radical (unpaired) electrons. The van der Waals surface area contributed by atoms with Crippen molar-refractivity contribution in [1.82, 2.24) is 25.4 Å². The third kappa shape index (κ3) is 4.45. The number of hydrogen-bond donors (Lipinski definition) is 2. The summed E-state index contributed by atoms with van der Waals surface area (Å²) in [6.45, 7) is 3.20. The maximum Gasteiger partial charge on any atom is 0.272 e. The summed E-state index contributed by atoms with van der Waals surface area (Å²) < 4.78 is 0. The van der Waals surface area contributed by atoms with Crippen LogP contribution in [0, 0.1) is 0 Å². The van der Waals surface area contributed by atoms with E-state index in [1.165, 1.54) is 31.0 Å². The van der Waals surface area contributed by atoms with Gasteiger partial charge in [0.15, 0.2) is 5.69 Å². The van der Waals surface area contributed by atoms with Crippen LogP contribution in [0.15, 0.2) is 41.7 Å². The number of aromatic nitrogens is 3. The van der Waals surface area contributed by atoms with E-state index in [1.54, 1.807) is 0 Å². The van der Waals surface area contributed by atoms with Crippen molar-refractivity contribution >= 4 is 28.9 Å². The van der Waals surface area contributed by atoms with Gasteiger partial charge in [-0.15, -0.1) is 0 Å². The molecule has 2 aliphatic rings. The Balaban J connectivity index is 1.37. The number of aliphatic imine (C=N–C) groups is 1. The molecule has 0 saturated carbocycles. The topological polar surface area (TPSA) is 103 Å². The number of rotatable bonds is 5. The van der Waals surface area contributed by atoms with E-state index < -0.39 is 0 Å². The standard InChI is InChI=1S/C24H26N6O2/c31-22-7-5-19(14-26-22)27-24(32)23-20-11-17(4-6-21(20)28-29-23)18-10-16(12-25-13-18)15-30-8-2-1-3-9-30/h4,6,10-14,19H,1-3,5,7-9,15H2,(H,27,32)(H,28,29). The summed E-state index contributed by atoms with van der Waals surface area (Å²) in [4.78, 5) is 34.8. The Bertz CT molecular complexity index is 1180. The second-order valence-corrected chi connectivity index (χ2v) is 8.54. The second kappa shape index (κ2) is 9.00. The summed E-state index contributed by atoms with van der Waals surface area (Å²) in [7, 11) is 0. The molecule has 1 unspecified atom stereocenters. The van der Waals surface area contributed by atoms with Crippen LogP contribution in [0.25, 0.3) is 22.0 Å². The Morgan fingerprint density at radius 3 is 2.81 bits per heavy atom. The Morgan fingerprint density at radius 1 is 1.12 bits per heavy atom. The number of nitrogens with one attached hydrogen (secondary N) is 2. The number of aromatic amines is 1. The first-order valence-electron chi connectivity index (χ1n) is 11.2.